The highest BCUT2D eigenvalue weighted by Gasteiger charge is 2.49. The smallest absolute Gasteiger partial charge is 0.223 e. The van der Waals surface area contributed by atoms with E-state index in [4.69, 9.17) is 4.74 Å². The number of hydrogen-bond acceptors (Lipinski definition) is 6. The molecule has 0 radical (unpaired) electrons. The molecule has 1 spiro atoms. The summed E-state index contributed by atoms with van der Waals surface area (Å²) < 4.78 is 45.5. The van der Waals surface area contributed by atoms with Crippen LogP contribution < -0.4 is 5.32 Å². The summed E-state index contributed by atoms with van der Waals surface area (Å²) in [6.45, 7) is 1.48. The van der Waals surface area contributed by atoms with Gasteiger partial charge in [0.2, 0.25) is 16.0 Å². The summed E-state index contributed by atoms with van der Waals surface area (Å²) in [6.07, 6.45) is 6.15. The van der Waals surface area contributed by atoms with Gasteiger partial charge in [-0.25, -0.2) is 22.8 Å². The van der Waals surface area contributed by atoms with E-state index >= 15 is 0 Å². The standard InChI is InChI=1S/C15H21FN4O3S/c16-11-7-17-14(18-8-11)19-12-6-15(23-9-12)4-1-5-20(10-15)24(21,22)13-2-3-13/h7-8,12-13H,1-6,9-10H2,(H,17,18,19)/t12-,15-/m1/s1. The van der Waals surface area contributed by atoms with E-state index in [-0.39, 0.29) is 11.3 Å². The number of piperidine rings is 1. The third kappa shape index (κ3) is 3.12. The maximum atomic E-state index is 12.9. The van der Waals surface area contributed by atoms with Crippen molar-refractivity contribution in [3.63, 3.8) is 0 Å². The summed E-state index contributed by atoms with van der Waals surface area (Å²) in [7, 11) is -3.17. The lowest BCUT2D eigenvalue weighted by Gasteiger charge is -2.39. The number of anilines is 1. The van der Waals surface area contributed by atoms with Crippen molar-refractivity contribution in [2.75, 3.05) is 25.0 Å². The summed E-state index contributed by atoms with van der Waals surface area (Å²) in [4.78, 5) is 7.80. The Kier molecular flexibility index (Phi) is 3.97. The molecule has 3 fully saturated rings. The first-order valence-corrected chi connectivity index (χ1v) is 9.84. The van der Waals surface area contributed by atoms with Crippen LogP contribution >= 0.6 is 0 Å². The van der Waals surface area contributed by atoms with Gasteiger partial charge in [0, 0.05) is 19.5 Å². The van der Waals surface area contributed by atoms with E-state index in [1.807, 2.05) is 0 Å². The fourth-order valence-electron chi connectivity index (χ4n) is 3.64. The van der Waals surface area contributed by atoms with E-state index in [2.05, 4.69) is 15.3 Å². The lowest BCUT2D eigenvalue weighted by molar-refractivity contribution is -0.0329. The van der Waals surface area contributed by atoms with E-state index in [1.165, 1.54) is 0 Å². The zero-order valence-corrected chi connectivity index (χ0v) is 14.1. The number of sulfonamides is 1. The Morgan fingerprint density at radius 2 is 2.08 bits per heavy atom. The highest BCUT2D eigenvalue weighted by Crippen LogP contribution is 2.39. The highest BCUT2D eigenvalue weighted by atomic mass is 32.2. The number of nitrogens with zero attached hydrogens (tertiary/aromatic N) is 3. The van der Waals surface area contributed by atoms with Gasteiger partial charge in [0.15, 0.2) is 5.82 Å². The molecule has 2 saturated heterocycles. The van der Waals surface area contributed by atoms with Crippen LogP contribution in [0.3, 0.4) is 0 Å². The fourth-order valence-corrected chi connectivity index (χ4v) is 5.59. The second kappa shape index (κ2) is 5.89. The maximum Gasteiger partial charge on any atom is 0.223 e. The van der Waals surface area contributed by atoms with E-state index < -0.39 is 21.4 Å². The largest absolute Gasteiger partial charge is 0.371 e. The van der Waals surface area contributed by atoms with E-state index in [0.29, 0.717) is 32.1 Å². The van der Waals surface area contributed by atoms with Crippen LogP contribution in [0.15, 0.2) is 12.4 Å². The Morgan fingerprint density at radius 1 is 1.33 bits per heavy atom. The van der Waals surface area contributed by atoms with E-state index in [0.717, 1.165) is 38.1 Å². The van der Waals surface area contributed by atoms with Crippen molar-refractivity contribution >= 4 is 16.0 Å². The van der Waals surface area contributed by atoms with Crippen molar-refractivity contribution in [3.05, 3.63) is 18.2 Å². The summed E-state index contributed by atoms with van der Waals surface area (Å²) >= 11 is 0. The molecule has 2 atom stereocenters. The molecule has 24 heavy (non-hydrogen) atoms. The predicted molar refractivity (Wildman–Crippen MR) is 85.4 cm³/mol. The molecule has 1 N–H and O–H groups in total. The van der Waals surface area contributed by atoms with Crippen molar-refractivity contribution in [2.24, 2.45) is 0 Å². The van der Waals surface area contributed by atoms with Crippen LogP contribution in [0, 0.1) is 5.82 Å². The number of halogens is 1. The SMILES string of the molecule is O=S(=O)(C1CC1)N1CCC[C@@]2(C[C@@H](Nc3ncc(F)cn3)CO2)C1. The molecule has 1 aromatic rings. The van der Waals surface area contributed by atoms with Gasteiger partial charge in [-0.2, -0.15) is 4.31 Å². The molecule has 7 nitrogen and oxygen atoms in total. The first kappa shape index (κ1) is 16.2. The quantitative estimate of drug-likeness (QED) is 0.871. The molecule has 4 rings (SSSR count). The second-order valence-electron chi connectivity index (χ2n) is 6.95. The number of nitrogens with one attached hydrogen (secondary N) is 1. The normalized spacial score (nSPS) is 31.5. The van der Waals surface area contributed by atoms with Gasteiger partial charge in [-0.3, -0.25) is 0 Å². The van der Waals surface area contributed by atoms with E-state index in [1.54, 1.807) is 4.31 Å². The summed E-state index contributed by atoms with van der Waals surface area (Å²) in [5.74, 6) is -0.117. The van der Waals surface area contributed by atoms with Crippen LogP contribution in [0.5, 0.6) is 0 Å². The van der Waals surface area contributed by atoms with Crippen molar-refractivity contribution in [2.45, 2.75) is 49.0 Å². The lowest BCUT2D eigenvalue weighted by atomic mass is 9.90. The average Bonchev–Trinajstić information content (AvgIpc) is 3.36. The minimum atomic E-state index is -3.17. The van der Waals surface area contributed by atoms with E-state index in [9.17, 15) is 12.8 Å². The summed E-state index contributed by atoms with van der Waals surface area (Å²) in [6, 6.07) is -0.000889. The van der Waals surface area contributed by atoms with Crippen LogP contribution in [0.4, 0.5) is 10.3 Å². The number of rotatable bonds is 4. The van der Waals surface area contributed by atoms with Crippen LogP contribution in [0.25, 0.3) is 0 Å². The van der Waals surface area contributed by atoms with Crippen LogP contribution in [-0.4, -0.2) is 59.3 Å². The van der Waals surface area contributed by atoms with Crippen molar-refractivity contribution in [3.8, 4) is 0 Å². The Bertz CT molecular complexity index is 710. The van der Waals surface area contributed by atoms with Gasteiger partial charge in [0.25, 0.3) is 0 Å². The third-order valence-corrected chi connectivity index (χ3v) is 7.32. The van der Waals surface area contributed by atoms with Crippen molar-refractivity contribution in [1.82, 2.24) is 14.3 Å². The lowest BCUT2D eigenvalue weighted by Crippen LogP contribution is -2.51. The van der Waals surface area contributed by atoms with Gasteiger partial charge in [-0.15, -0.1) is 0 Å². The molecule has 1 aliphatic carbocycles. The first-order chi connectivity index (χ1) is 11.5. The third-order valence-electron chi connectivity index (χ3n) is 4.97. The number of hydrogen-bond donors (Lipinski definition) is 1. The second-order valence-corrected chi connectivity index (χ2v) is 9.16. The molecule has 3 heterocycles. The molecule has 1 aromatic heterocycles. The molecule has 2 aliphatic heterocycles. The fraction of sp³-hybridized carbons (Fsp3) is 0.733. The Labute approximate surface area is 140 Å². The molecular formula is C15H21FN4O3S. The molecule has 132 valence electrons. The van der Waals surface area contributed by atoms with Gasteiger partial charge >= 0.3 is 0 Å². The Balaban J connectivity index is 1.42. The zero-order valence-electron chi connectivity index (χ0n) is 13.3. The highest BCUT2D eigenvalue weighted by molar-refractivity contribution is 7.90. The average molecular weight is 356 g/mol. The van der Waals surface area contributed by atoms with Gasteiger partial charge in [0.1, 0.15) is 0 Å². The molecule has 1 saturated carbocycles. The van der Waals surface area contributed by atoms with Gasteiger partial charge in [-0.1, -0.05) is 0 Å². The van der Waals surface area contributed by atoms with Crippen molar-refractivity contribution < 1.29 is 17.5 Å². The van der Waals surface area contributed by atoms with Crippen molar-refractivity contribution in [1.29, 1.82) is 0 Å². The molecule has 0 bridgehead atoms. The Hall–Kier alpha value is -1.32. The molecule has 0 aromatic carbocycles. The monoisotopic (exact) mass is 356 g/mol. The zero-order chi connectivity index (χ0) is 16.8. The topological polar surface area (TPSA) is 84.4 Å². The number of aromatic nitrogens is 2. The maximum absolute atomic E-state index is 12.9. The van der Waals surface area contributed by atoms with Gasteiger partial charge in [0.05, 0.1) is 35.9 Å². The Morgan fingerprint density at radius 3 is 2.79 bits per heavy atom. The molecular weight excluding hydrogens is 335 g/mol. The number of ether oxygens (including phenoxy) is 1. The molecule has 3 aliphatic rings. The van der Waals surface area contributed by atoms with Gasteiger partial charge in [-0.05, 0) is 25.7 Å². The molecule has 9 heteroatoms. The van der Waals surface area contributed by atoms with Crippen LogP contribution in [-0.2, 0) is 14.8 Å². The van der Waals surface area contributed by atoms with Gasteiger partial charge < -0.3 is 10.1 Å². The minimum Gasteiger partial charge on any atom is -0.371 e. The van der Waals surface area contributed by atoms with Crippen LogP contribution in [0.1, 0.15) is 32.1 Å². The first-order valence-electron chi connectivity index (χ1n) is 8.34. The van der Waals surface area contributed by atoms with Crippen LogP contribution in [0.2, 0.25) is 0 Å². The predicted octanol–water partition coefficient (Wildman–Crippen LogP) is 1.14. The molecule has 0 unspecified atom stereocenters. The molecule has 0 amide bonds. The minimum absolute atomic E-state index is 0.000889. The summed E-state index contributed by atoms with van der Waals surface area (Å²) in [5, 5.41) is 2.96. The summed E-state index contributed by atoms with van der Waals surface area (Å²) in [5.41, 5.74) is -0.433.